The first-order chi connectivity index (χ1) is 11.5. The normalized spacial score (nSPS) is 17.7. The lowest BCUT2D eigenvalue weighted by Crippen LogP contribution is -2.32. The summed E-state index contributed by atoms with van der Waals surface area (Å²) in [6, 6.07) is 5.73. The highest BCUT2D eigenvalue weighted by molar-refractivity contribution is 6.08. The topological polar surface area (TPSA) is 104 Å². The molecule has 0 radical (unpaired) electrons. The molecule has 1 heterocycles. The van der Waals surface area contributed by atoms with E-state index in [9.17, 15) is 19.8 Å². The zero-order valence-electron chi connectivity index (χ0n) is 13.9. The first-order valence-corrected chi connectivity index (χ1v) is 8.21. The summed E-state index contributed by atoms with van der Waals surface area (Å²) >= 11 is 0. The zero-order chi connectivity index (χ0) is 17.7. The molecule has 0 fully saturated rings. The van der Waals surface area contributed by atoms with Crippen LogP contribution in [0, 0.1) is 0 Å². The Kier molecular flexibility index (Phi) is 5.98. The Morgan fingerprint density at radius 2 is 1.75 bits per heavy atom. The maximum absolute atomic E-state index is 12.4. The molecule has 0 saturated carbocycles. The van der Waals surface area contributed by atoms with Crippen LogP contribution in [-0.4, -0.2) is 39.9 Å². The average molecular weight is 332 g/mol. The third-order valence-electron chi connectivity index (χ3n) is 4.24. The summed E-state index contributed by atoms with van der Waals surface area (Å²) in [5.74, 6) is -1.21. The van der Waals surface area contributed by atoms with Crippen molar-refractivity contribution in [3.8, 4) is 5.75 Å². The van der Waals surface area contributed by atoms with Crippen LogP contribution in [0.4, 0.5) is 0 Å². The van der Waals surface area contributed by atoms with Crippen molar-refractivity contribution >= 4 is 11.7 Å². The number of ketones is 1. The van der Waals surface area contributed by atoms with E-state index in [4.69, 9.17) is 5.73 Å². The summed E-state index contributed by atoms with van der Waals surface area (Å²) in [4.78, 5) is 25.9. The first-order valence-electron chi connectivity index (χ1n) is 8.21. The fourth-order valence-corrected chi connectivity index (χ4v) is 3.03. The lowest BCUT2D eigenvalue weighted by Gasteiger charge is -2.26. The second-order valence-electron chi connectivity index (χ2n) is 6.01. The maximum atomic E-state index is 12.4. The molecule has 6 nitrogen and oxygen atoms in total. The Labute approximate surface area is 141 Å². The molecule has 1 amide bonds. The molecule has 0 bridgehead atoms. The van der Waals surface area contributed by atoms with Gasteiger partial charge in [-0.05, 0) is 44.0 Å². The van der Waals surface area contributed by atoms with Crippen LogP contribution in [-0.2, 0) is 9.59 Å². The molecule has 0 aliphatic carbocycles. The molecule has 0 spiro atoms. The Bertz CT molecular complexity index is 637. The molecule has 1 atom stereocenters. The number of phenols is 1. The number of carbonyl (C=O) groups is 2. The SMILES string of the molecule is CC(=O)C1=C(O)C(=O)N(CCCCCCN)C1c1ccc(O)cc1. The molecule has 4 N–H and O–H groups in total. The molecule has 6 heteroatoms. The van der Waals surface area contributed by atoms with Crippen LogP contribution in [0.3, 0.4) is 0 Å². The summed E-state index contributed by atoms with van der Waals surface area (Å²) in [5.41, 5.74) is 6.28. The molecule has 0 saturated heterocycles. The van der Waals surface area contributed by atoms with Crippen molar-refractivity contribution in [3.05, 3.63) is 41.2 Å². The summed E-state index contributed by atoms with van der Waals surface area (Å²) in [7, 11) is 0. The number of phenolic OH excluding ortho intramolecular Hbond substituents is 1. The van der Waals surface area contributed by atoms with Crippen molar-refractivity contribution in [2.24, 2.45) is 5.73 Å². The van der Waals surface area contributed by atoms with E-state index in [1.807, 2.05) is 0 Å². The van der Waals surface area contributed by atoms with E-state index >= 15 is 0 Å². The Morgan fingerprint density at radius 1 is 1.12 bits per heavy atom. The molecular formula is C18H24N2O4. The van der Waals surface area contributed by atoms with E-state index in [0.29, 0.717) is 18.7 Å². The predicted molar refractivity (Wildman–Crippen MR) is 90.4 cm³/mol. The van der Waals surface area contributed by atoms with Crippen molar-refractivity contribution in [3.63, 3.8) is 0 Å². The van der Waals surface area contributed by atoms with Crippen LogP contribution in [0.2, 0.25) is 0 Å². The standard InChI is InChI=1S/C18H24N2O4/c1-12(21)15-16(13-6-8-14(22)9-7-13)20(18(24)17(15)23)11-5-3-2-4-10-19/h6-9,16,22-23H,2-5,10-11,19H2,1H3. The number of Topliss-reactive ketones (excluding diaryl/α,β-unsaturated/α-hetero) is 1. The number of unbranched alkanes of at least 4 members (excludes halogenated alkanes) is 3. The van der Waals surface area contributed by atoms with Gasteiger partial charge in [0.2, 0.25) is 0 Å². The highest BCUT2D eigenvalue weighted by Gasteiger charge is 2.41. The van der Waals surface area contributed by atoms with Gasteiger partial charge < -0.3 is 20.8 Å². The fraction of sp³-hybridized carbons (Fsp3) is 0.444. The third-order valence-corrected chi connectivity index (χ3v) is 4.24. The van der Waals surface area contributed by atoms with Crippen molar-refractivity contribution in [1.29, 1.82) is 0 Å². The summed E-state index contributed by atoms with van der Waals surface area (Å²) in [6.07, 6.45) is 3.64. The lowest BCUT2D eigenvalue weighted by molar-refractivity contribution is -0.129. The molecule has 2 rings (SSSR count). The number of aliphatic hydroxyl groups excluding tert-OH is 1. The Balaban J connectivity index is 2.23. The quantitative estimate of drug-likeness (QED) is 0.633. The minimum absolute atomic E-state index is 0.106. The largest absolute Gasteiger partial charge is 0.508 e. The minimum atomic E-state index is -0.606. The molecular weight excluding hydrogens is 308 g/mol. The average Bonchev–Trinajstić information content (AvgIpc) is 2.80. The number of benzene rings is 1. The number of nitrogens with two attached hydrogens (primary N) is 1. The summed E-state index contributed by atoms with van der Waals surface area (Å²) in [5, 5.41) is 19.6. The second kappa shape index (κ2) is 7.97. The van der Waals surface area contributed by atoms with Crippen LogP contribution in [0.5, 0.6) is 5.75 Å². The van der Waals surface area contributed by atoms with Gasteiger partial charge in [0.25, 0.3) is 5.91 Å². The van der Waals surface area contributed by atoms with Gasteiger partial charge in [-0.1, -0.05) is 25.0 Å². The number of hydrogen-bond acceptors (Lipinski definition) is 5. The third kappa shape index (κ3) is 3.76. The van der Waals surface area contributed by atoms with Gasteiger partial charge in [0, 0.05) is 6.54 Å². The van der Waals surface area contributed by atoms with E-state index in [1.54, 1.807) is 12.1 Å². The van der Waals surface area contributed by atoms with Gasteiger partial charge in [0.15, 0.2) is 11.5 Å². The lowest BCUT2D eigenvalue weighted by atomic mass is 9.96. The maximum Gasteiger partial charge on any atom is 0.290 e. The molecule has 1 aliphatic rings. The van der Waals surface area contributed by atoms with Gasteiger partial charge in [0.05, 0.1) is 11.6 Å². The van der Waals surface area contributed by atoms with E-state index in [-0.39, 0.29) is 17.1 Å². The van der Waals surface area contributed by atoms with Crippen molar-refractivity contribution in [1.82, 2.24) is 4.90 Å². The first kappa shape index (κ1) is 18.0. The molecule has 1 unspecified atom stereocenters. The molecule has 24 heavy (non-hydrogen) atoms. The van der Waals surface area contributed by atoms with Crippen LogP contribution >= 0.6 is 0 Å². The van der Waals surface area contributed by atoms with Gasteiger partial charge >= 0.3 is 0 Å². The van der Waals surface area contributed by atoms with Crippen molar-refractivity contribution in [2.75, 3.05) is 13.1 Å². The number of aliphatic hydroxyl groups is 1. The predicted octanol–water partition coefficient (Wildman–Crippen LogP) is 2.20. The van der Waals surface area contributed by atoms with E-state index in [1.165, 1.54) is 24.0 Å². The van der Waals surface area contributed by atoms with E-state index in [2.05, 4.69) is 0 Å². The highest BCUT2D eigenvalue weighted by atomic mass is 16.3. The van der Waals surface area contributed by atoms with Crippen LogP contribution < -0.4 is 5.73 Å². The number of amides is 1. The number of aromatic hydroxyl groups is 1. The zero-order valence-corrected chi connectivity index (χ0v) is 13.9. The van der Waals surface area contributed by atoms with E-state index < -0.39 is 17.7 Å². The van der Waals surface area contributed by atoms with Gasteiger partial charge in [0.1, 0.15) is 5.75 Å². The Hall–Kier alpha value is -2.34. The molecule has 0 aromatic heterocycles. The number of nitrogens with zero attached hydrogens (tertiary/aromatic N) is 1. The smallest absolute Gasteiger partial charge is 0.290 e. The van der Waals surface area contributed by atoms with Gasteiger partial charge in [-0.25, -0.2) is 0 Å². The Morgan fingerprint density at radius 3 is 2.33 bits per heavy atom. The van der Waals surface area contributed by atoms with E-state index in [0.717, 1.165) is 25.7 Å². The fourth-order valence-electron chi connectivity index (χ4n) is 3.03. The van der Waals surface area contributed by atoms with Gasteiger partial charge in [-0.15, -0.1) is 0 Å². The van der Waals surface area contributed by atoms with Crippen molar-refractivity contribution < 1.29 is 19.8 Å². The molecule has 1 aromatic carbocycles. The van der Waals surface area contributed by atoms with Crippen LogP contribution in [0.15, 0.2) is 35.6 Å². The second-order valence-corrected chi connectivity index (χ2v) is 6.01. The summed E-state index contributed by atoms with van der Waals surface area (Å²) in [6.45, 7) is 2.45. The van der Waals surface area contributed by atoms with Crippen LogP contribution in [0.1, 0.15) is 44.2 Å². The molecule has 1 aromatic rings. The van der Waals surface area contributed by atoms with Crippen LogP contribution in [0.25, 0.3) is 0 Å². The van der Waals surface area contributed by atoms with Gasteiger partial charge in [-0.3, -0.25) is 9.59 Å². The number of carbonyl (C=O) groups excluding carboxylic acids is 2. The minimum Gasteiger partial charge on any atom is -0.508 e. The monoisotopic (exact) mass is 332 g/mol. The number of rotatable bonds is 8. The molecule has 1 aliphatic heterocycles. The highest BCUT2D eigenvalue weighted by Crippen LogP contribution is 2.38. The molecule has 130 valence electrons. The number of hydrogen-bond donors (Lipinski definition) is 3. The summed E-state index contributed by atoms with van der Waals surface area (Å²) < 4.78 is 0. The van der Waals surface area contributed by atoms with Crippen molar-refractivity contribution in [2.45, 2.75) is 38.6 Å². The van der Waals surface area contributed by atoms with Gasteiger partial charge in [-0.2, -0.15) is 0 Å².